The summed E-state index contributed by atoms with van der Waals surface area (Å²) in [6.45, 7) is 1.99. The number of benzene rings is 2. The van der Waals surface area contributed by atoms with Crippen LogP contribution in [0.5, 0.6) is 0 Å². The van der Waals surface area contributed by atoms with Crippen LogP contribution in [0.3, 0.4) is 0 Å². The lowest BCUT2D eigenvalue weighted by Gasteiger charge is -2.18. The summed E-state index contributed by atoms with van der Waals surface area (Å²) in [5.74, 6) is -0.650. The van der Waals surface area contributed by atoms with E-state index in [1.807, 2.05) is 55.5 Å². The number of para-hydroxylation sites is 1. The number of hydrogen-bond acceptors (Lipinski definition) is 3. The van der Waals surface area contributed by atoms with Crippen molar-refractivity contribution in [2.45, 2.75) is 19.4 Å². The number of methoxy groups -OCH3 is 1. The fraction of sp³-hybridized carbons (Fsp3) is 0.200. The molecule has 6 heteroatoms. The van der Waals surface area contributed by atoms with Crippen molar-refractivity contribution in [3.63, 3.8) is 0 Å². The van der Waals surface area contributed by atoms with E-state index in [2.05, 4.69) is 26.2 Å². The van der Waals surface area contributed by atoms with Crippen LogP contribution in [0.15, 0.2) is 53.0 Å². The van der Waals surface area contributed by atoms with E-state index in [1.165, 1.54) is 7.11 Å². The molecule has 0 aliphatic carbocycles. The zero-order valence-electron chi connectivity index (χ0n) is 14.5. The molecule has 1 aromatic heterocycles. The Morgan fingerprint density at radius 2 is 1.92 bits per heavy atom. The van der Waals surface area contributed by atoms with Gasteiger partial charge in [0.25, 0.3) is 5.91 Å². The number of nitrogens with one attached hydrogen (secondary N) is 2. The highest BCUT2D eigenvalue weighted by molar-refractivity contribution is 9.10. The molecule has 1 amide bonds. The van der Waals surface area contributed by atoms with E-state index in [0.717, 1.165) is 26.5 Å². The number of amides is 1. The smallest absolute Gasteiger partial charge is 0.307 e. The maximum absolute atomic E-state index is 12.7. The SMILES string of the molecule is COC(=O)CC(NC(=O)c1cc2cccc(C)c2[nH]1)c1ccc(Br)cc1. The van der Waals surface area contributed by atoms with Crippen molar-refractivity contribution < 1.29 is 14.3 Å². The Kier molecular flexibility index (Phi) is 5.42. The largest absolute Gasteiger partial charge is 0.469 e. The summed E-state index contributed by atoms with van der Waals surface area (Å²) in [6.07, 6.45) is 0.0587. The second-order valence-electron chi connectivity index (χ2n) is 6.08. The number of carbonyl (C=O) groups is 2. The first-order valence-corrected chi connectivity index (χ1v) is 8.98. The molecular weight excluding hydrogens is 396 g/mol. The standard InChI is InChI=1S/C20H19BrN2O3/c1-12-4-3-5-14-10-17(22-19(12)14)20(25)23-16(11-18(24)26-2)13-6-8-15(21)9-7-13/h3-10,16,22H,11H2,1-2H3,(H,23,25). The zero-order valence-corrected chi connectivity index (χ0v) is 16.1. The molecular formula is C20H19BrN2O3. The number of aromatic nitrogens is 1. The van der Waals surface area contributed by atoms with Crippen molar-refractivity contribution in [1.29, 1.82) is 0 Å². The summed E-state index contributed by atoms with van der Waals surface area (Å²) in [6, 6.07) is 14.7. The minimum atomic E-state index is -0.476. The molecule has 2 aromatic carbocycles. The van der Waals surface area contributed by atoms with E-state index in [9.17, 15) is 9.59 Å². The normalized spacial score (nSPS) is 12.0. The molecule has 134 valence electrons. The summed E-state index contributed by atoms with van der Waals surface area (Å²) in [5, 5.41) is 3.90. The van der Waals surface area contributed by atoms with Gasteiger partial charge in [-0.15, -0.1) is 0 Å². The number of halogens is 1. The molecule has 0 spiro atoms. The molecule has 0 saturated carbocycles. The number of fused-ring (bicyclic) bond motifs is 1. The lowest BCUT2D eigenvalue weighted by Crippen LogP contribution is -2.30. The van der Waals surface area contributed by atoms with E-state index in [4.69, 9.17) is 4.74 Å². The number of rotatable bonds is 5. The first-order chi connectivity index (χ1) is 12.5. The van der Waals surface area contributed by atoms with Gasteiger partial charge in [-0.2, -0.15) is 0 Å². The fourth-order valence-corrected chi connectivity index (χ4v) is 3.13. The second kappa shape index (κ2) is 7.74. The van der Waals surface area contributed by atoms with Gasteiger partial charge in [0.1, 0.15) is 5.69 Å². The highest BCUT2D eigenvalue weighted by Gasteiger charge is 2.21. The Morgan fingerprint density at radius 1 is 1.19 bits per heavy atom. The van der Waals surface area contributed by atoms with Crippen LogP contribution >= 0.6 is 15.9 Å². The first kappa shape index (κ1) is 18.2. The maximum Gasteiger partial charge on any atom is 0.307 e. The summed E-state index contributed by atoms with van der Waals surface area (Å²) < 4.78 is 5.70. The van der Waals surface area contributed by atoms with Gasteiger partial charge in [-0.1, -0.05) is 46.3 Å². The lowest BCUT2D eigenvalue weighted by atomic mass is 10.0. The predicted octanol–water partition coefficient (Wildman–Crippen LogP) is 4.27. The van der Waals surface area contributed by atoms with E-state index >= 15 is 0 Å². The fourth-order valence-electron chi connectivity index (χ4n) is 2.86. The zero-order chi connectivity index (χ0) is 18.7. The Bertz CT molecular complexity index is 947. The monoisotopic (exact) mass is 414 g/mol. The molecule has 1 heterocycles. The molecule has 3 rings (SSSR count). The molecule has 0 fully saturated rings. The van der Waals surface area contributed by atoms with E-state index in [1.54, 1.807) is 0 Å². The number of carbonyl (C=O) groups excluding carboxylic acids is 2. The van der Waals surface area contributed by atoms with Crippen molar-refractivity contribution >= 4 is 38.7 Å². The average molecular weight is 415 g/mol. The Balaban J connectivity index is 1.86. The predicted molar refractivity (Wildman–Crippen MR) is 104 cm³/mol. The van der Waals surface area contributed by atoms with Gasteiger partial charge in [0.15, 0.2) is 0 Å². The number of hydrogen-bond donors (Lipinski definition) is 2. The topological polar surface area (TPSA) is 71.2 Å². The molecule has 0 bridgehead atoms. The van der Waals surface area contributed by atoms with Crippen molar-refractivity contribution in [2.24, 2.45) is 0 Å². The number of ether oxygens (including phenoxy) is 1. The highest BCUT2D eigenvalue weighted by Crippen LogP contribution is 2.22. The summed E-state index contributed by atoms with van der Waals surface area (Å²) in [5.41, 5.74) is 3.30. The third-order valence-electron chi connectivity index (χ3n) is 4.29. The molecule has 2 N–H and O–H groups in total. The molecule has 0 aliphatic heterocycles. The average Bonchev–Trinajstić information content (AvgIpc) is 3.07. The third kappa shape index (κ3) is 3.96. The van der Waals surface area contributed by atoms with Crippen LogP contribution in [0.2, 0.25) is 0 Å². The minimum absolute atomic E-state index is 0.0587. The molecule has 0 aliphatic rings. The van der Waals surface area contributed by atoms with Crippen LogP contribution in [-0.2, 0) is 9.53 Å². The Hall–Kier alpha value is -2.60. The van der Waals surface area contributed by atoms with Gasteiger partial charge >= 0.3 is 5.97 Å². The third-order valence-corrected chi connectivity index (χ3v) is 4.81. The van der Waals surface area contributed by atoms with Gasteiger partial charge in [-0.25, -0.2) is 0 Å². The van der Waals surface area contributed by atoms with Gasteiger partial charge in [0.05, 0.1) is 19.6 Å². The molecule has 0 saturated heterocycles. The van der Waals surface area contributed by atoms with Crippen molar-refractivity contribution in [2.75, 3.05) is 7.11 Å². The Labute approximate surface area is 159 Å². The van der Waals surface area contributed by atoms with Gasteiger partial charge < -0.3 is 15.0 Å². The van der Waals surface area contributed by atoms with Crippen LogP contribution in [0, 0.1) is 6.92 Å². The lowest BCUT2D eigenvalue weighted by molar-refractivity contribution is -0.141. The quantitative estimate of drug-likeness (QED) is 0.612. The van der Waals surface area contributed by atoms with Gasteiger partial charge in [-0.3, -0.25) is 9.59 Å². The van der Waals surface area contributed by atoms with E-state index in [-0.39, 0.29) is 18.3 Å². The number of H-pyrrole nitrogens is 1. The van der Waals surface area contributed by atoms with Crippen LogP contribution in [0.4, 0.5) is 0 Å². The van der Waals surface area contributed by atoms with Gasteiger partial charge in [-0.05, 0) is 36.2 Å². The van der Waals surface area contributed by atoms with Gasteiger partial charge in [0, 0.05) is 15.4 Å². The molecule has 1 atom stereocenters. The second-order valence-corrected chi connectivity index (χ2v) is 7.00. The van der Waals surface area contributed by atoms with E-state index < -0.39 is 6.04 Å². The number of aryl methyl sites for hydroxylation is 1. The number of esters is 1. The molecule has 26 heavy (non-hydrogen) atoms. The first-order valence-electron chi connectivity index (χ1n) is 8.19. The van der Waals surface area contributed by atoms with Crippen LogP contribution in [0.25, 0.3) is 10.9 Å². The summed E-state index contributed by atoms with van der Waals surface area (Å²) >= 11 is 3.39. The van der Waals surface area contributed by atoms with Crippen LogP contribution in [0.1, 0.15) is 34.1 Å². The maximum atomic E-state index is 12.7. The van der Waals surface area contributed by atoms with Crippen LogP contribution in [-0.4, -0.2) is 24.0 Å². The summed E-state index contributed by atoms with van der Waals surface area (Å²) in [7, 11) is 1.34. The highest BCUT2D eigenvalue weighted by atomic mass is 79.9. The minimum Gasteiger partial charge on any atom is -0.469 e. The number of aromatic amines is 1. The molecule has 5 nitrogen and oxygen atoms in total. The van der Waals surface area contributed by atoms with Gasteiger partial charge in [0.2, 0.25) is 0 Å². The van der Waals surface area contributed by atoms with Crippen LogP contribution < -0.4 is 5.32 Å². The molecule has 1 unspecified atom stereocenters. The van der Waals surface area contributed by atoms with Crippen molar-refractivity contribution in [3.05, 3.63) is 69.8 Å². The molecule has 0 radical (unpaired) electrons. The van der Waals surface area contributed by atoms with Crippen molar-refractivity contribution in [3.8, 4) is 0 Å². The molecule has 3 aromatic rings. The van der Waals surface area contributed by atoms with Crippen molar-refractivity contribution in [1.82, 2.24) is 10.3 Å². The Morgan fingerprint density at radius 3 is 2.58 bits per heavy atom. The van der Waals surface area contributed by atoms with E-state index in [0.29, 0.717) is 5.69 Å². The summed E-state index contributed by atoms with van der Waals surface area (Å²) in [4.78, 5) is 27.7.